The lowest BCUT2D eigenvalue weighted by molar-refractivity contribution is -0.173. The third-order valence-corrected chi connectivity index (χ3v) is 5.86. The lowest BCUT2D eigenvalue weighted by atomic mass is 9.62. The SMILES string of the molecule is CC1(C)CC(=O)C2=C(C1)NC1=C(CN=N1)[C@@]21CC[C@@H](C(F)(F)F)C1. The minimum absolute atomic E-state index is 0.0185. The third kappa shape index (κ3) is 2.16. The molecule has 1 spiro atoms. The van der Waals surface area contributed by atoms with Gasteiger partial charge in [-0.25, -0.2) is 0 Å². The molecule has 0 saturated heterocycles. The predicted molar refractivity (Wildman–Crippen MR) is 80.8 cm³/mol. The number of Topliss-reactive ketones (excluding diaryl/α,β-unsaturated/α-hetero) is 1. The first-order valence-electron chi connectivity index (χ1n) is 8.34. The summed E-state index contributed by atoms with van der Waals surface area (Å²) in [6.45, 7) is 4.31. The van der Waals surface area contributed by atoms with Crippen LogP contribution in [0.1, 0.15) is 46.0 Å². The molecule has 4 aliphatic rings. The van der Waals surface area contributed by atoms with Crippen molar-refractivity contribution >= 4 is 5.78 Å². The summed E-state index contributed by atoms with van der Waals surface area (Å²) in [6, 6.07) is 0. The van der Waals surface area contributed by atoms with Crippen molar-refractivity contribution < 1.29 is 18.0 Å². The summed E-state index contributed by atoms with van der Waals surface area (Å²) in [4.78, 5) is 12.9. The Morgan fingerprint density at radius 2 is 2.00 bits per heavy atom. The van der Waals surface area contributed by atoms with Gasteiger partial charge in [-0.15, -0.1) is 5.11 Å². The van der Waals surface area contributed by atoms with Gasteiger partial charge in [-0.3, -0.25) is 4.79 Å². The topological polar surface area (TPSA) is 53.8 Å². The molecule has 1 saturated carbocycles. The Balaban J connectivity index is 1.82. The molecule has 7 heteroatoms. The van der Waals surface area contributed by atoms with Crippen LogP contribution < -0.4 is 5.32 Å². The first-order chi connectivity index (χ1) is 11.1. The fourth-order valence-corrected chi connectivity index (χ4v) is 4.89. The second-order valence-electron chi connectivity index (χ2n) is 8.21. The van der Waals surface area contributed by atoms with E-state index in [4.69, 9.17) is 0 Å². The lowest BCUT2D eigenvalue weighted by Gasteiger charge is -2.44. The second-order valence-corrected chi connectivity index (χ2v) is 8.21. The van der Waals surface area contributed by atoms with Crippen molar-refractivity contribution in [1.29, 1.82) is 0 Å². The monoisotopic (exact) mass is 339 g/mol. The minimum Gasteiger partial charge on any atom is -0.342 e. The van der Waals surface area contributed by atoms with Crippen LogP contribution >= 0.6 is 0 Å². The number of rotatable bonds is 0. The number of carbonyl (C=O) groups is 1. The molecule has 4 nitrogen and oxygen atoms in total. The Labute approximate surface area is 138 Å². The van der Waals surface area contributed by atoms with Gasteiger partial charge >= 0.3 is 6.18 Å². The molecular formula is C17H20F3N3O. The van der Waals surface area contributed by atoms with E-state index >= 15 is 0 Å². The molecule has 130 valence electrons. The summed E-state index contributed by atoms with van der Waals surface area (Å²) >= 11 is 0. The van der Waals surface area contributed by atoms with Crippen LogP contribution in [0.25, 0.3) is 0 Å². The van der Waals surface area contributed by atoms with Gasteiger partial charge in [0.1, 0.15) is 0 Å². The standard InChI is InChI=1S/C17H20F3N3O/c1-15(2)6-11-13(12(24)7-15)16(10-8-21-23-14(10)22-11)4-3-9(5-16)17(18,19)20/h9,22H,3-8H2,1-2H3/t9-,16+/m1/s1. The summed E-state index contributed by atoms with van der Waals surface area (Å²) in [6.07, 6.45) is -2.82. The number of carbonyl (C=O) groups excluding carboxylic acids is 1. The molecular weight excluding hydrogens is 319 g/mol. The lowest BCUT2D eigenvalue weighted by Crippen LogP contribution is -2.43. The molecule has 1 fully saturated rings. The molecule has 2 atom stereocenters. The number of hydrogen-bond acceptors (Lipinski definition) is 4. The van der Waals surface area contributed by atoms with Crippen molar-refractivity contribution in [1.82, 2.24) is 5.32 Å². The van der Waals surface area contributed by atoms with E-state index in [-0.39, 0.29) is 24.0 Å². The Kier molecular flexibility index (Phi) is 3.10. The largest absolute Gasteiger partial charge is 0.391 e. The van der Waals surface area contributed by atoms with E-state index in [0.717, 1.165) is 11.3 Å². The number of dihydropyridines is 1. The Bertz CT molecular complexity index is 717. The average Bonchev–Trinajstić information content (AvgIpc) is 3.03. The van der Waals surface area contributed by atoms with E-state index in [1.54, 1.807) is 0 Å². The zero-order valence-corrected chi connectivity index (χ0v) is 13.8. The molecule has 0 radical (unpaired) electrons. The molecule has 0 aromatic rings. The summed E-state index contributed by atoms with van der Waals surface area (Å²) in [5.74, 6) is -0.807. The maximum atomic E-state index is 13.3. The average molecular weight is 339 g/mol. The number of halogens is 3. The zero-order chi connectivity index (χ0) is 17.3. The van der Waals surface area contributed by atoms with Crippen LogP contribution in [0, 0.1) is 16.7 Å². The smallest absolute Gasteiger partial charge is 0.342 e. The van der Waals surface area contributed by atoms with Crippen LogP contribution in [0.4, 0.5) is 13.2 Å². The van der Waals surface area contributed by atoms with E-state index < -0.39 is 17.5 Å². The maximum Gasteiger partial charge on any atom is 0.391 e. The van der Waals surface area contributed by atoms with Gasteiger partial charge in [-0.2, -0.15) is 18.3 Å². The summed E-state index contributed by atoms with van der Waals surface area (Å²) in [7, 11) is 0. The fourth-order valence-electron chi connectivity index (χ4n) is 4.89. The van der Waals surface area contributed by atoms with Crippen molar-refractivity contribution in [2.24, 2.45) is 27.0 Å². The number of nitrogens with zero attached hydrogens (tertiary/aromatic N) is 2. The molecule has 4 rings (SSSR count). The molecule has 24 heavy (non-hydrogen) atoms. The number of alkyl halides is 3. The number of ketones is 1. The predicted octanol–water partition coefficient (Wildman–Crippen LogP) is 4.26. The van der Waals surface area contributed by atoms with Crippen molar-refractivity contribution in [2.45, 2.75) is 52.1 Å². The highest BCUT2D eigenvalue weighted by Gasteiger charge is 2.58. The van der Waals surface area contributed by atoms with Gasteiger partial charge in [0.15, 0.2) is 11.6 Å². The minimum atomic E-state index is -4.22. The van der Waals surface area contributed by atoms with Crippen LogP contribution in [0.3, 0.4) is 0 Å². The number of azo groups is 1. The van der Waals surface area contributed by atoms with Gasteiger partial charge in [0.05, 0.1) is 12.5 Å². The molecule has 2 aliphatic heterocycles. The van der Waals surface area contributed by atoms with Gasteiger partial charge in [0.2, 0.25) is 0 Å². The molecule has 2 heterocycles. The number of allylic oxidation sites excluding steroid dienone is 2. The van der Waals surface area contributed by atoms with Crippen LogP contribution in [0.15, 0.2) is 32.9 Å². The highest BCUT2D eigenvalue weighted by molar-refractivity contribution is 6.00. The molecule has 1 N–H and O–H groups in total. The van der Waals surface area contributed by atoms with E-state index in [1.165, 1.54) is 0 Å². The first-order valence-corrected chi connectivity index (χ1v) is 8.34. The molecule has 2 aliphatic carbocycles. The van der Waals surface area contributed by atoms with Crippen LogP contribution in [-0.4, -0.2) is 18.5 Å². The van der Waals surface area contributed by atoms with E-state index in [9.17, 15) is 18.0 Å². The van der Waals surface area contributed by atoms with Crippen LogP contribution in [-0.2, 0) is 4.79 Å². The highest BCUT2D eigenvalue weighted by atomic mass is 19.4. The van der Waals surface area contributed by atoms with Crippen LogP contribution in [0.5, 0.6) is 0 Å². The van der Waals surface area contributed by atoms with Gasteiger partial charge in [-0.1, -0.05) is 13.8 Å². The summed E-state index contributed by atoms with van der Waals surface area (Å²) in [5.41, 5.74) is 1.10. The van der Waals surface area contributed by atoms with Gasteiger partial charge < -0.3 is 5.32 Å². The number of fused-ring (bicyclic) bond motifs is 2. The van der Waals surface area contributed by atoms with Crippen LogP contribution in [0.2, 0.25) is 0 Å². The van der Waals surface area contributed by atoms with Gasteiger partial charge in [-0.05, 0) is 31.1 Å². The first kappa shape index (κ1) is 15.8. The van der Waals surface area contributed by atoms with Crippen molar-refractivity contribution in [2.75, 3.05) is 6.54 Å². The number of nitrogens with one attached hydrogen (secondary N) is 1. The second kappa shape index (κ2) is 4.70. The van der Waals surface area contributed by atoms with Crippen molar-refractivity contribution in [3.8, 4) is 0 Å². The highest BCUT2D eigenvalue weighted by Crippen LogP contribution is 2.61. The van der Waals surface area contributed by atoms with E-state index in [2.05, 4.69) is 15.5 Å². The number of hydrogen-bond donors (Lipinski definition) is 1. The molecule has 0 aromatic heterocycles. The maximum absolute atomic E-state index is 13.3. The summed E-state index contributed by atoms with van der Waals surface area (Å²) < 4.78 is 39.9. The Hall–Kier alpha value is -1.66. The van der Waals surface area contributed by atoms with Gasteiger partial charge in [0.25, 0.3) is 0 Å². The molecule has 0 bridgehead atoms. The summed E-state index contributed by atoms with van der Waals surface area (Å²) in [5, 5.41) is 11.3. The Morgan fingerprint density at radius 3 is 2.67 bits per heavy atom. The quantitative estimate of drug-likeness (QED) is 0.717. The molecule has 0 aromatic carbocycles. The fraction of sp³-hybridized carbons (Fsp3) is 0.706. The molecule has 0 amide bonds. The third-order valence-electron chi connectivity index (χ3n) is 5.86. The van der Waals surface area contributed by atoms with Crippen molar-refractivity contribution in [3.05, 3.63) is 22.7 Å². The zero-order valence-electron chi connectivity index (χ0n) is 13.8. The molecule has 0 unspecified atom stereocenters. The Morgan fingerprint density at radius 1 is 1.25 bits per heavy atom. The normalized spacial score (nSPS) is 34.7. The van der Waals surface area contributed by atoms with Gasteiger partial charge in [0, 0.05) is 28.7 Å². The van der Waals surface area contributed by atoms with E-state index in [0.29, 0.717) is 37.2 Å². The van der Waals surface area contributed by atoms with E-state index in [1.807, 2.05) is 13.8 Å². The van der Waals surface area contributed by atoms with Crippen molar-refractivity contribution in [3.63, 3.8) is 0 Å².